The maximum Gasteiger partial charge on any atom is 0.00684 e. The van der Waals surface area contributed by atoms with Gasteiger partial charge in [0.25, 0.3) is 0 Å². The lowest BCUT2D eigenvalue weighted by Gasteiger charge is -2.34. The predicted octanol–water partition coefficient (Wildman–Crippen LogP) is 2.89. The second-order valence-electron chi connectivity index (χ2n) is 6.95. The second-order valence-corrected chi connectivity index (χ2v) is 6.95. The Morgan fingerprint density at radius 1 is 1.24 bits per heavy atom. The van der Waals surface area contributed by atoms with E-state index in [4.69, 9.17) is 0 Å². The van der Waals surface area contributed by atoms with Crippen molar-refractivity contribution in [2.24, 2.45) is 11.3 Å². The molecule has 0 aromatic heterocycles. The molecule has 2 aliphatic rings. The van der Waals surface area contributed by atoms with Crippen LogP contribution in [0.5, 0.6) is 0 Å². The minimum atomic E-state index is 0.590. The standard InChI is InChI=1S/C15H30N2/c1-13(2)10-17(3)12-15(8-4-5-9-15)11-16-14-6-7-14/h13-14,16H,4-12H2,1-3H3. The fourth-order valence-corrected chi connectivity index (χ4v) is 3.42. The van der Waals surface area contributed by atoms with Crippen molar-refractivity contribution in [2.45, 2.75) is 58.4 Å². The molecule has 2 fully saturated rings. The van der Waals surface area contributed by atoms with Gasteiger partial charge in [0.15, 0.2) is 0 Å². The molecule has 1 N–H and O–H groups in total. The number of rotatable bonds is 7. The second kappa shape index (κ2) is 5.71. The normalized spacial score (nSPS) is 23.8. The molecule has 0 aromatic carbocycles. The topological polar surface area (TPSA) is 15.3 Å². The van der Waals surface area contributed by atoms with Crippen LogP contribution in [-0.4, -0.2) is 37.6 Å². The van der Waals surface area contributed by atoms with Crippen LogP contribution < -0.4 is 5.32 Å². The van der Waals surface area contributed by atoms with E-state index < -0.39 is 0 Å². The first-order valence-electron chi connectivity index (χ1n) is 7.52. The zero-order chi connectivity index (χ0) is 12.3. The van der Waals surface area contributed by atoms with Crippen LogP contribution >= 0.6 is 0 Å². The molecule has 2 aliphatic carbocycles. The molecule has 2 rings (SSSR count). The average Bonchev–Trinajstić information content (AvgIpc) is 2.96. The Labute approximate surface area is 107 Å². The molecule has 100 valence electrons. The van der Waals surface area contributed by atoms with E-state index in [0.29, 0.717) is 5.41 Å². The Kier molecular flexibility index (Phi) is 4.48. The highest BCUT2D eigenvalue weighted by Crippen LogP contribution is 2.39. The van der Waals surface area contributed by atoms with E-state index in [9.17, 15) is 0 Å². The van der Waals surface area contributed by atoms with Crippen LogP contribution in [0, 0.1) is 11.3 Å². The Morgan fingerprint density at radius 3 is 2.41 bits per heavy atom. The largest absolute Gasteiger partial charge is 0.313 e. The molecule has 0 atom stereocenters. The van der Waals surface area contributed by atoms with Gasteiger partial charge in [-0.1, -0.05) is 26.7 Å². The van der Waals surface area contributed by atoms with Crippen LogP contribution in [0.1, 0.15) is 52.4 Å². The monoisotopic (exact) mass is 238 g/mol. The molecule has 0 bridgehead atoms. The zero-order valence-corrected chi connectivity index (χ0v) is 12.0. The van der Waals surface area contributed by atoms with Gasteiger partial charge in [-0.2, -0.15) is 0 Å². The highest BCUT2D eigenvalue weighted by Gasteiger charge is 2.36. The highest BCUT2D eigenvalue weighted by atomic mass is 15.1. The minimum Gasteiger partial charge on any atom is -0.313 e. The molecule has 0 unspecified atom stereocenters. The third-order valence-electron chi connectivity index (χ3n) is 4.29. The van der Waals surface area contributed by atoms with E-state index in [1.54, 1.807) is 0 Å². The van der Waals surface area contributed by atoms with Gasteiger partial charge in [-0.3, -0.25) is 0 Å². The van der Waals surface area contributed by atoms with Crippen LogP contribution in [0.4, 0.5) is 0 Å². The van der Waals surface area contributed by atoms with Gasteiger partial charge in [-0.25, -0.2) is 0 Å². The summed E-state index contributed by atoms with van der Waals surface area (Å²) in [6, 6.07) is 0.864. The van der Waals surface area contributed by atoms with Crippen molar-refractivity contribution in [3.63, 3.8) is 0 Å². The van der Waals surface area contributed by atoms with Gasteiger partial charge in [0.05, 0.1) is 0 Å². The molecule has 0 heterocycles. The minimum absolute atomic E-state index is 0.590. The molecule has 2 nitrogen and oxygen atoms in total. The molecule has 2 heteroatoms. The predicted molar refractivity (Wildman–Crippen MR) is 74.3 cm³/mol. The van der Waals surface area contributed by atoms with Gasteiger partial charge in [-0.15, -0.1) is 0 Å². The number of hydrogen-bond donors (Lipinski definition) is 1. The number of nitrogens with one attached hydrogen (secondary N) is 1. The Morgan fingerprint density at radius 2 is 1.88 bits per heavy atom. The van der Waals surface area contributed by atoms with Crippen LogP contribution in [0.2, 0.25) is 0 Å². The van der Waals surface area contributed by atoms with Crippen molar-refractivity contribution in [3.05, 3.63) is 0 Å². The smallest absolute Gasteiger partial charge is 0.00684 e. The summed E-state index contributed by atoms with van der Waals surface area (Å²) in [5, 5.41) is 3.77. The summed E-state index contributed by atoms with van der Waals surface area (Å²) in [5.41, 5.74) is 0.590. The molecule has 17 heavy (non-hydrogen) atoms. The molecule has 0 radical (unpaired) electrons. The van der Waals surface area contributed by atoms with Gasteiger partial charge in [0.2, 0.25) is 0 Å². The van der Waals surface area contributed by atoms with E-state index in [2.05, 4.69) is 31.1 Å². The lowest BCUT2D eigenvalue weighted by molar-refractivity contribution is 0.161. The summed E-state index contributed by atoms with van der Waals surface area (Å²) in [5.74, 6) is 0.787. The van der Waals surface area contributed by atoms with Crippen molar-refractivity contribution in [2.75, 3.05) is 26.7 Å². The van der Waals surface area contributed by atoms with Gasteiger partial charge in [0, 0.05) is 25.7 Å². The van der Waals surface area contributed by atoms with E-state index in [0.717, 1.165) is 12.0 Å². The van der Waals surface area contributed by atoms with Gasteiger partial charge >= 0.3 is 0 Å². The molecule has 0 aliphatic heterocycles. The van der Waals surface area contributed by atoms with Crippen molar-refractivity contribution < 1.29 is 0 Å². The van der Waals surface area contributed by atoms with Gasteiger partial charge in [-0.05, 0) is 44.1 Å². The fourth-order valence-electron chi connectivity index (χ4n) is 3.42. The Hall–Kier alpha value is -0.0800. The summed E-state index contributed by atoms with van der Waals surface area (Å²) in [4.78, 5) is 2.56. The zero-order valence-electron chi connectivity index (χ0n) is 12.0. The maximum atomic E-state index is 3.77. The van der Waals surface area contributed by atoms with Gasteiger partial charge < -0.3 is 10.2 Å². The molecule has 2 saturated carbocycles. The van der Waals surface area contributed by atoms with Crippen molar-refractivity contribution in [3.8, 4) is 0 Å². The van der Waals surface area contributed by atoms with E-state index >= 15 is 0 Å². The lowest BCUT2D eigenvalue weighted by atomic mass is 9.85. The van der Waals surface area contributed by atoms with Crippen molar-refractivity contribution in [1.29, 1.82) is 0 Å². The van der Waals surface area contributed by atoms with Gasteiger partial charge in [0.1, 0.15) is 0 Å². The Balaban J connectivity index is 1.81. The summed E-state index contributed by atoms with van der Waals surface area (Å²) in [6.07, 6.45) is 8.60. The lowest BCUT2D eigenvalue weighted by Crippen LogP contribution is -2.42. The fraction of sp³-hybridized carbons (Fsp3) is 1.00. The van der Waals surface area contributed by atoms with E-state index in [-0.39, 0.29) is 0 Å². The average molecular weight is 238 g/mol. The first-order chi connectivity index (χ1) is 8.10. The van der Waals surface area contributed by atoms with Crippen LogP contribution in [0.3, 0.4) is 0 Å². The third kappa shape index (κ3) is 4.26. The Bertz CT molecular complexity index is 227. The quantitative estimate of drug-likeness (QED) is 0.733. The summed E-state index contributed by atoms with van der Waals surface area (Å²) >= 11 is 0. The molecular formula is C15H30N2. The third-order valence-corrected chi connectivity index (χ3v) is 4.29. The first kappa shape index (κ1) is 13.4. The molecular weight excluding hydrogens is 208 g/mol. The summed E-state index contributed by atoms with van der Waals surface area (Å²) < 4.78 is 0. The van der Waals surface area contributed by atoms with E-state index in [1.807, 2.05) is 0 Å². The van der Waals surface area contributed by atoms with Crippen molar-refractivity contribution in [1.82, 2.24) is 10.2 Å². The van der Waals surface area contributed by atoms with Crippen LogP contribution in [-0.2, 0) is 0 Å². The first-order valence-corrected chi connectivity index (χ1v) is 7.52. The summed E-state index contributed by atoms with van der Waals surface area (Å²) in [7, 11) is 2.30. The van der Waals surface area contributed by atoms with Crippen LogP contribution in [0.25, 0.3) is 0 Å². The highest BCUT2D eigenvalue weighted by molar-refractivity contribution is 4.92. The van der Waals surface area contributed by atoms with Crippen molar-refractivity contribution >= 4 is 0 Å². The molecule has 0 aromatic rings. The molecule has 0 amide bonds. The summed E-state index contributed by atoms with van der Waals surface area (Å²) in [6.45, 7) is 8.44. The number of nitrogens with zero attached hydrogens (tertiary/aromatic N) is 1. The van der Waals surface area contributed by atoms with E-state index in [1.165, 1.54) is 58.2 Å². The maximum absolute atomic E-state index is 3.77. The van der Waals surface area contributed by atoms with Crippen LogP contribution in [0.15, 0.2) is 0 Å². The number of hydrogen-bond acceptors (Lipinski definition) is 2. The molecule has 0 spiro atoms. The SMILES string of the molecule is CC(C)CN(C)CC1(CNC2CC2)CCCC1. The molecule has 0 saturated heterocycles.